The van der Waals surface area contributed by atoms with E-state index in [2.05, 4.69) is 39.8 Å². The van der Waals surface area contributed by atoms with Crippen molar-refractivity contribution in [2.45, 2.75) is 32.7 Å². The summed E-state index contributed by atoms with van der Waals surface area (Å²) in [5.74, 6) is 0.190. The smallest absolute Gasteiger partial charge is 0.261 e. The predicted octanol–water partition coefficient (Wildman–Crippen LogP) is 3.19. The van der Waals surface area contributed by atoms with E-state index in [1.165, 1.54) is 22.5 Å². The van der Waals surface area contributed by atoms with E-state index in [1.807, 2.05) is 13.0 Å². The molecule has 2 aliphatic rings. The van der Waals surface area contributed by atoms with Gasteiger partial charge in [0.1, 0.15) is 0 Å². The molecule has 1 aliphatic carbocycles. The Labute approximate surface area is 163 Å². The molecule has 0 spiro atoms. The van der Waals surface area contributed by atoms with Crippen LogP contribution in [0.15, 0.2) is 30.3 Å². The number of hydrogen-bond acceptors (Lipinski definition) is 4. The summed E-state index contributed by atoms with van der Waals surface area (Å²) in [4.78, 5) is 27.5. The second-order valence-electron chi connectivity index (χ2n) is 7.44. The van der Waals surface area contributed by atoms with Crippen LogP contribution in [0.3, 0.4) is 0 Å². The Bertz CT molecular complexity index is 857. The zero-order valence-electron chi connectivity index (χ0n) is 15.6. The second-order valence-corrected chi connectivity index (χ2v) is 8.49. The number of carbonyl (C=O) groups excluding carboxylic acids is 2. The van der Waals surface area contributed by atoms with Gasteiger partial charge in [-0.2, -0.15) is 0 Å². The Kier molecular flexibility index (Phi) is 5.27. The number of rotatable bonds is 6. The topological polar surface area (TPSA) is 61.4 Å². The first-order valence-electron chi connectivity index (χ1n) is 9.59. The molecule has 1 aromatic heterocycles. The van der Waals surface area contributed by atoms with Crippen LogP contribution in [0.25, 0.3) is 0 Å². The van der Waals surface area contributed by atoms with Gasteiger partial charge in [-0.05, 0) is 48.9 Å². The minimum Gasteiger partial charge on any atom is -0.350 e. The third kappa shape index (κ3) is 4.39. The average molecular weight is 384 g/mol. The molecule has 142 valence electrons. The average Bonchev–Trinajstić information content (AvgIpc) is 3.45. The van der Waals surface area contributed by atoms with E-state index in [0.717, 1.165) is 49.5 Å². The van der Waals surface area contributed by atoms with Crippen molar-refractivity contribution in [1.29, 1.82) is 0 Å². The lowest BCUT2D eigenvalue weighted by Gasteiger charge is -2.28. The number of benzene rings is 1. The van der Waals surface area contributed by atoms with E-state index < -0.39 is 0 Å². The van der Waals surface area contributed by atoms with Crippen molar-refractivity contribution in [2.75, 3.05) is 25.0 Å². The van der Waals surface area contributed by atoms with Crippen LogP contribution in [0.1, 0.15) is 39.2 Å². The van der Waals surface area contributed by atoms with Crippen LogP contribution in [-0.4, -0.2) is 36.3 Å². The first-order chi connectivity index (χ1) is 13.1. The van der Waals surface area contributed by atoms with Gasteiger partial charge >= 0.3 is 0 Å². The summed E-state index contributed by atoms with van der Waals surface area (Å²) in [6, 6.07) is 10.5. The van der Waals surface area contributed by atoms with Crippen LogP contribution in [0.4, 0.5) is 5.00 Å². The molecule has 1 aliphatic heterocycles. The molecular weight excluding hydrogens is 358 g/mol. The van der Waals surface area contributed by atoms with Crippen LogP contribution >= 0.6 is 11.3 Å². The maximum atomic E-state index is 12.5. The van der Waals surface area contributed by atoms with Gasteiger partial charge in [-0.25, -0.2) is 0 Å². The Balaban J connectivity index is 1.27. The van der Waals surface area contributed by atoms with E-state index in [-0.39, 0.29) is 17.7 Å². The highest BCUT2D eigenvalue weighted by atomic mass is 32.1. The monoisotopic (exact) mass is 383 g/mol. The summed E-state index contributed by atoms with van der Waals surface area (Å²) in [5.41, 5.74) is 3.74. The molecule has 2 aromatic rings. The van der Waals surface area contributed by atoms with Crippen LogP contribution < -0.4 is 10.6 Å². The standard InChI is InChI=1S/C21H25N3O2S/c1-14-12-18(23-20(25)16-6-7-16)27-19(14)21(26)22-9-11-24-10-8-15-4-2-3-5-17(15)13-24/h2-5,12,16H,6-11,13H2,1H3,(H,22,26)(H,23,25). The first kappa shape index (κ1) is 18.2. The Morgan fingerprint density at radius 3 is 2.78 bits per heavy atom. The van der Waals surface area contributed by atoms with E-state index in [9.17, 15) is 9.59 Å². The van der Waals surface area contributed by atoms with Gasteiger partial charge in [-0.3, -0.25) is 14.5 Å². The first-order valence-corrected chi connectivity index (χ1v) is 10.4. The molecular formula is C21H25N3O2S. The fourth-order valence-corrected chi connectivity index (χ4v) is 4.48. The second kappa shape index (κ2) is 7.82. The molecule has 2 amide bonds. The van der Waals surface area contributed by atoms with Gasteiger partial charge in [0.2, 0.25) is 5.91 Å². The minimum atomic E-state index is -0.0539. The Morgan fingerprint density at radius 2 is 2.00 bits per heavy atom. The molecule has 1 aromatic carbocycles. The van der Waals surface area contributed by atoms with E-state index in [4.69, 9.17) is 0 Å². The molecule has 2 N–H and O–H groups in total. The van der Waals surface area contributed by atoms with Crippen molar-refractivity contribution in [1.82, 2.24) is 10.2 Å². The molecule has 0 atom stereocenters. The van der Waals surface area contributed by atoms with E-state index in [0.29, 0.717) is 11.4 Å². The molecule has 0 bridgehead atoms. The minimum absolute atomic E-state index is 0.0539. The number of fused-ring (bicyclic) bond motifs is 1. The largest absolute Gasteiger partial charge is 0.350 e. The zero-order chi connectivity index (χ0) is 18.8. The van der Waals surface area contributed by atoms with Crippen molar-refractivity contribution in [3.63, 3.8) is 0 Å². The number of nitrogens with zero attached hydrogens (tertiary/aromatic N) is 1. The predicted molar refractivity (Wildman–Crippen MR) is 108 cm³/mol. The van der Waals surface area contributed by atoms with Crippen molar-refractivity contribution < 1.29 is 9.59 Å². The molecule has 0 saturated heterocycles. The van der Waals surface area contributed by atoms with Crippen LogP contribution in [0, 0.1) is 12.8 Å². The molecule has 1 saturated carbocycles. The molecule has 2 heterocycles. The van der Waals surface area contributed by atoms with Crippen molar-refractivity contribution in [3.05, 3.63) is 51.9 Å². The summed E-state index contributed by atoms with van der Waals surface area (Å²) >= 11 is 1.36. The highest BCUT2D eigenvalue weighted by molar-refractivity contribution is 7.18. The van der Waals surface area contributed by atoms with Gasteiger partial charge in [0.05, 0.1) is 9.88 Å². The fraction of sp³-hybridized carbons (Fsp3) is 0.429. The van der Waals surface area contributed by atoms with Crippen LogP contribution in [0.5, 0.6) is 0 Å². The molecule has 6 heteroatoms. The molecule has 5 nitrogen and oxygen atoms in total. The lowest BCUT2D eigenvalue weighted by Crippen LogP contribution is -2.37. The normalized spacial score (nSPS) is 16.6. The maximum absolute atomic E-state index is 12.5. The number of aryl methyl sites for hydroxylation is 1. The van der Waals surface area contributed by atoms with Crippen molar-refractivity contribution in [3.8, 4) is 0 Å². The molecule has 0 radical (unpaired) electrons. The number of anilines is 1. The number of amides is 2. The summed E-state index contributed by atoms with van der Waals surface area (Å²) < 4.78 is 0. The number of thiophene rings is 1. The summed E-state index contributed by atoms with van der Waals surface area (Å²) in [7, 11) is 0. The summed E-state index contributed by atoms with van der Waals surface area (Å²) in [5, 5.41) is 6.72. The number of hydrogen-bond donors (Lipinski definition) is 2. The third-order valence-corrected chi connectivity index (χ3v) is 6.39. The highest BCUT2D eigenvalue weighted by Crippen LogP contribution is 2.32. The van der Waals surface area contributed by atoms with Crippen LogP contribution in [0.2, 0.25) is 0 Å². The zero-order valence-corrected chi connectivity index (χ0v) is 16.4. The fourth-order valence-electron chi connectivity index (χ4n) is 3.49. The number of nitrogens with one attached hydrogen (secondary N) is 2. The van der Waals surface area contributed by atoms with Gasteiger partial charge in [-0.15, -0.1) is 11.3 Å². The van der Waals surface area contributed by atoms with Gasteiger partial charge in [-0.1, -0.05) is 24.3 Å². The lowest BCUT2D eigenvalue weighted by atomic mass is 10.00. The van der Waals surface area contributed by atoms with Gasteiger partial charge < -0.3 is 10.6 Å². The van der Waals surface area contributed by atoms with Gasteiger partial charge in [0, 0.05) is 32.1 Å². The van der Waals surface area contributed by atoms with E-state index in [1.54, 1.807) is 0 Å². The highest BCUT2D eigenvalue weighted by Gasteiger charge is 2.30. The Hall–Kier alpha value is -2.18. The quantitative estimate of drug-likeness (QED) is 0.805. The summed E-state index contributed by atoms with van der Waals surface area (Å²) in [6.45, 7) is 5.36. The third-order valence-electron chi connectivity index (χ3n) is 5.24. The van der Waals surface area contributed by atoms with Gasteiger partial charge in [0.25, 0.3) is 5.91 Å². The maximum Gasteiger partial charge on any atom is 0.261 e. The van der Waals surface area contributed by atoms with Crippen molar-refractivity contribution >= 4 is 28.2 Å². The Morgan fingerprint density at radius 1 is 1.22 bits per heavy atom. The lowest BCUT2D eigenvalue weighted by molar-refractivity contribution is -0.117. The van der Waals surface area contributed by atoms with Crippen molar-refractivity contribution in [2.24, 2.45) is 5.92 Å². The molecule has 27 heavy (non-hydrogen) atoms. The number of carbonyl (C=O) groups is 2. The van der Waals surface area contributed by atoms with Crippen LogP contribution in [-0.2, 0) is 17.8 Å². The van der Waals surface area contributed by atoms with E-state index >= 15 is 0 Å². The summed E-state index contributed by atoms with van der Waals surface area (Å²) in [6.07, 6.45) is 3.02. The molecule has 0 unspecified atom stereocenters. The van der Waals surface area contributed by atoms with Gasteiger partial charge in [0.15, 0.2) is 0 Å². The SMILES string of the molecule is Cc1cc(NC(=O)C2CC2)sc1C(=O)NCCN1CCc2ccccc2C1. The molecule has 4 rings (SSSR count). The molecule has 1 fully saturated rings.